The van der Waals surface area contributed by atoms with Crippen LogP contribution in [-0.2, 0) is 9.59 Å². The standard InChI is InChI=1S/C11H16N2O3/c12-8-10(15)7-9(14)3-1-5-13-6-2-4-11(13)16/h11,16H,1-7H2/t11-/m1/s1. The molecule has 1 heterocycles. The molecule has 1 saturated heterocycles. The highest BCUT2D eigenvalue weighted by atomic mass is 16.3. The van der Waals surface area contributed by atoms with Gasteiger partial charge in [-0.1, -0.05) is 0 Å². The average molecular weight is 224 g/mol. The summed E-state index contributed by atoms with van der Waals surface area (Å²) < 4.78 is 0. The second kappa shape index (κ2) is 6.36. The molecule has 88 valence electrons. The highest BCUT2D eigenvalue weighted by Crippen LogP contribution is 2.15. The Balaban J connectivity index is 2.13. The van der Waals surface area contributed by atoms with Crippen LogP contribution in [0, 0.1) is 11.3 Å². The molecule has 16 heavy (non-hydrogen) atoms. The smallest absolute Gasteiger partial charge is 0.239 e. The van der Waals surface area contributed by atoms with Crippen molar-refractivity contribution in [3.05, 3.63) is 0 Å². The fourth-order valence-electron chi connectivity index (χ4n) is 1.86. The summed E-state index contributed by atoms with van der Waals surface area (Å²) in [5, 5.41) is 17.7. The normalized spacial score (nSPS) is 20.6. The van der Waals surface area contributed by atoms with Crippen molar-refractivity contribution < 1.29 is 14.7 Å². The Morgan fingerprint density at radius 3 is 2.81 bits per heavy atom. The Morgan fingerprint density at radius 1 is 1.50 bits per heavy atom. The number of hydrogen-bond acceptors (Lipinski definition) is 5. The van der Waals surface area contributed by atoms with Crippen molar-refractivity contribution in [1.82, 2.24) is 4.90 Å². The van der Waals surface area contributed by atoms with E-state index >= 15 is 0 Å². The number of carbonyl (C=O) groups excluding carboxylic acids is 2. The maximum Gasteiger partial charge on any atom is 0.239 e. The van der Waals surface area contributed by atoms with Crippen LogP contribution < -0.4 is 0 Å². The molecular formula is C11H16N2O3. The topological polar surface area (TPSA) is 81.4 Å². The Kier molecular flexibility index (Phi) is 5.09. The van der Waals surface area contributed by atoms with Crippen molar-refractivity contribution in [2.75, 3.05) is 13.1 Å². The maximum absolute atomic E-state index is 11.2. The summed E-state index contributed by atoms with van der Waals surface area (Å²) >= 11 is 0. The lowest BCUT2D eigenvalue weighted by Crippen LogP contribution is -2.30. The third kappa shape index (κ3) is 4.09. The Labute approximate surface area is 94.7 Å². The molecule has 0 bridgehead atoms. The molecule has 0 aromatic heterocycles. The van der Waals surface area contributed by atoms with Gasteiger partial charge in [-0.3, -0.25) is 14.5 Å². The number of nitrogens with zero attached hydrogens (tertiary/aromatic N) is 2. The van der Waals surface area contributed by atoms with Gasteiger partial charge < -0.3 is 5.11 Å². The molecule has 1 fully saturated rings. The molecule has 1 atom stereocenters. The van der Waals surface area contributed by atoms with E-state index in [2.05, 4.69) is 0 Å². The molecule has 0 unspecified atom stereocenters. The van der Waals surface area contributed by atoms with Gasteiger partial charge in [0.25, 0.3) is 0 Å². The van der Waals surface area contributed by atoms with E-state index in [0.717, 1.165) is 19.4 Å². The first-order valence-electron chi connectivity index (χ1n) is 5.50. The molecule has 0 amide bonds. The molecule has 0 spiro atoms. The van der Waals surface area contributed by atoms with Crippen molar-refractivity contribution in [3.8, 4) is 6.07 Å². The van der Waals surface area contributed by atoms with E-state index in [9.17, 15) is 14.7 Å². The van der Waals surface area contributed by atoms with E-state index in [1.807, 2.05) is 4.90 Å². The van der Waals surface area contributed by atoms with Gasteiger partial charge in [0.2, 0.25) is 5.78 Å². The predicted octanol–water partition coefficient (Wildman–Crippen LogP) is 0.233. The van der Waals surface area contributed by atoms with Crippen LogP contribution in [0.2, 0.25) is 0 Å². The van der Waals surface area contributed by atoms with E-state index in [1.165, 1.54) is 6.07 Å². The lowest BCUT2D eigenvalue weighted by Gasteiger charge is -2.18. The van der Waals surface area contributed by atoms with Crippen LogP contribution in [0.3, 0.4) is 0 Å². The van der Waals surface area contributed by atoms with E-state index in [4.69, 9.17) is 5.26 Å². The van der Waals surface area contributed by atoms with Gasteiger partial charge in [-0.15, -0.1) is 0 Å². The van der Waals surface area contributed by atoms with Crippen molar-refractivity contribution in [1.29, 1.82) is 5.26 Å². The molecule has 1 aliphatic heterocycles. The number of ketones is 2. The third-order valence-corrected chi connectivity index (χ3v) is 2.71. The minimum Gasteiger partial charge on any atom is -0.378 e. The molecule has 1 aliphatic rings. The molecule has 1 rings (SSSR count). The minimum absolute atomic E-state index is 0.194. The van der Waals surface area contributed by atoms with Crippen LogP contribution in [0.15, 0.2) is 0 Å². The molecule has 1 N–H and O–H groups in total. The van der Waals surface area contributed by atoms with Gasteiger partial charge in [0, 0.05) is 19.5 Å². The number of carbonyl (C=O) groups is 2. The summed E-state index contributed by atoms with van der Waals surface area (Å²) in [6, 6.07) is 1.42. The first kappa shape index (κ1) is 12.8. The highest BCUT2D eigenvalue weighted by Gasteiger charge is 2.21. The lowest BCUT2D eigenvalue weighted by molar-refractivity contribution is -0.124. The van der Waals surface area contributed by atoms with Gasteiger partial charge in [-0.05, 0) is 19.3 Å². The van der Waals surface area contributed by atoms with Crippen LogP contribution in [0.25, 0.3) is 0 Å². The fraction of sp³-hybridized carbons (Fsp3) is 0.727. The van der Waals surface area contributed by atoms with E-state index in [-0.39, 0.29) is 18.4 Å². The zero-order valence-electron chi connectivity index (χ0n) is 9.19. The summed E-state index contributed by atoms with van der Waals surface area (Å²) in [6.45, 7) is 1.54. The van der Waals surface area contributed by atoms with E-state index in [0.29, 0.717) is 19.4 Å². The Morgan fingerprint density at radius 2 is 2.25 bits per heavy atom. The largest absolute Gasteiger partial charge is 0.378 e. The molecule has 5 heteroatoms. The second-order valence-corrected chi connectivity index (χ2v) is 4.01. The fourth-order valence-corrected chi connectivity index (χ4v) is 1.86. The summed E-state index contributed by atoms with van der Waals surface area (Å²) in [5.41, 5.74) is 0. The SMILES string of the molecule is N#CC(=O)CC(=O)CCCN1CCC[C@H]1O. The van der Waals surface area contributed by atoms with Crippen LogP contribution in [0.1, 0.15) is 32.1 Å². The molecule has 0 aliphatic carbocycles. The van der Waals surface area contributed by atoms with Crippen LogP contribution in [-0.4, -0.2) is 40.9 Å². The summed E-state index contributed by atoms with van der Waals surface area (Å²) in [5.74, 6) is -0.869. The van der Waals surface area contributed by atoms with Crippen LogP contribution >= 0.6 is 0 Å². The third-order valence-electron chi connectivity index (χ3n) is 2.71. The summed E-state index contributed by atoms with van der Waals surface area (Å²) in [4.78, 5) is 23.8. The zero-order valence-corrected chi connectivity index (χ0v) is 9.19. The summed E-state index contributed by atoms with van der Waals surface area (Å²) in [6.07, 6.45) is 2.06. The molecule has 0 radical (unpaired) electrons. The average Bonchev–Trinajstić information content (AvgIpc) is 2.64. The Hall–Kier alpha value is -1.25. The number of likely N-dealkylation sites (tertiary alicyclic amines) is 1. The number of nitriles is 1. The maximum atomic E-state index is 11.2. The Bertz CT molecular complexity index is 309. The van der Waals surface area contributed by atoms with Gasteiger partial charge in [-0.25, -0.2) is 0 Å². The lowest BCUT2D eigenvalue weighted by atomic mass is 10.1. The first-order valence-corrected chi connectivity index (χ1v) is 5.50. The van der Waals surface area contributed by atoms with E-state index in [1.54, 1.807) is 0 Å². The molecule has 5 nitrogen and oxygen atoms in total. The molecule has 0 aromatic rings. The number of Topliss-reactive ketones (excluding diaryl/α,β-unsaturated/α-hetero) is 2. The van der Waals surface area contributed by atoms with Gasteiger partial charge in [0.1, 0.15) is 18.1 Å². The second-order valence-electron chi connectivity index (χ2n) is 4.01. The quantitative estimate of drug-likeness (QED) is 0.516. The van der Waals surface area contributed by atoms with Gasteiger partial charge in [0.15, 0.2) is 0 Å². The van der Waals surface area contributed by atoms with Crippen LogP contribution in [0.4, 0.5) is 0 Å². The van der Waals surface area contributed by atoms with Crippen molar-refractivity contribution in [3.63, 3.8) is 0 Å². The minimum atomic E-state index is -0.675. The van der Waals surface area contributed by atoms with Crippen molar-refractivity contribution in [2.24, 2.45) is 0 Å². The van der Waals surface area contributed by atoms with Gasteiger partial charge >= 0.3 is 0 Å². The monoisotopic (exact) mass is 224 g/mol. The number of aliphatic hydroxyl groups excluding tert-OH is 1. The predicted molar refractivity (Wildman–Crippen MR) is 56.3 cm³/mol. The van der Waals surface area contributed by atoms with Crippen molar-refractivity contribution >= 4 is 11.6 Å². The van der Waals surface area contributed by atoms with Crippen LogP contribution in [0.5, 0.6) is 0 Å². The number of rotatable bonds is 6. The van der Waals surface area contributed by atoms with Crippen molar-refractivity contribution in [2.45, 2.75) is 38.3 Å². The van der Waals surface area contributed by atoms with Gasteiger partial charge in [-0.2, -0.15) is 5.26 Å². The van der Waals surface area contributed by atoms with Gasteiger partial charge in [0.05, 0.1) is 6.42 Å². The van der Waals surface area contributed by atoms with E-state index < -0.39 is 5.78 Å². The molecule has 0 aromatic carbocycles. The zero-order chi connectivity index (χ0) is 12.0. The number of aliphatic hydroxyl groups is 1. The highest BCUT2D eigenvalue weighted by molar-refractivity contribution is 6.06. The number of hydrogen-bond donors (Lipinski definition) is 1. The summed E-state index contributed by atoms with van der Waals surface area (Å²) in [7, 11) is 0. The molecule has 0 saturated carbocycles. The first-order chi connectivity index (χ1) is 7.63. The molecular weight excluding hydrogens is 208 g/mol.